The number of allylic oxidation sites excluding steroid dienone is 2. The molecule has 0 amide bonds. The second kappa shape index (κ2) is 7.27. The first-order chi connectivity index (χ1) is 6.91. The van der Waals surface area contributed by atoms with Gasteiger partial charge in [0.2, 0.25) is 0 Å². The third-order valence-electron chi connectivity index (χ3n) is 3.23. The van der Waals surface area contributed by atoms with Crippen LogP contribution in [0.2, 0.25) is 19.6 Å². The predicted molar refractivity (Wildman–Crippen MR) is 75.0 cm³/mol. The van der Waals surface area contributed by atoms with Crippen molar-refractivity contribution in [2.45, 2.75) is 72.5 Å². The molecule has 0 aromatic heterocycles. The van der Waals surface area contributed by atoms with E-state index >= 15 is 0 Å². The molecule has 0 aromatic rings. The van der Waals surface area contributed by atoms with E-state index in [4.69, 9.17) is 0 Å². The molecule has 0 bridgehead atoms. The van der Waals surface area contributed by atoms with Crippen molar-refractivity contribution < 1.29 is 0 Å². The van der Waals surface area contributed by atoms with Crippen molar-refractivity contribution in [1.29, 1.82) is 0 Å². The molecular weight excluding hydrogens is 196 g/mol. The average molecular weight is 226 g/mol. The first kappa shape index (κ1) is 15.0. The molecule has 0 radical (unpaired) electrons. The lowest BCUT2D eigenvalue weighted by molar-refractivity contribution is 0.570. The molecule has 0 aliphatic carbocycles. The molecule has 0 saturated carbocycles. The molecule has 15 heavy (non-hydrogen) atoms. The summed E-state index contributed by atoms with van der Waals surface area (Å²) in [6, 6.07) is 0. The molecular formula is C14H30Si. The zero-order valence-corrected chi connectivity index (χ0v) is 12.7. The van der Waals surface area contributed by atoms with Gasteiger partial charge in [0.25, 0.3) is 0 Å². The van der Waals surface area contributed by atoms with Crippen LogP contribution in [0.4, 0.5) is 0 Å². The highest BCUT2D eigenvalue weighted by Crippen LogP contribution is 2.22. The molecule has 1 atom stereocenters. The lowest BCUT2D eigenvalue weighted by Gasteiger charge is -2.22. The first-order valence-corrected chi connectivity index (χ1v) is 10.1. The predicted octanol–water partition coefficient (Wildman–Crippen LogP) is 5.42. The minimum absolute atomic E-state index is 0.859. The summed E-state index contributed by atoms with van der Waals surface area (Å²) in [5.41, 5.74) is 0. The van der Waals surface area contributed by atoms with E-state index in [2.05, 4.69) is 46.5 Å². The van der Waals surface area contributed by atoms with Crippen LogP contribution in [0, 0.1) is 5.92 Å². The maximum Gasteiger partial charge on any atom is 0.0720 e. The minimum Gasteiger partial charge on any atom is -0.0889 e. The van der Waals surface area contributed by atoms with E-state index in [-0.39, 0.29) is 0 Å². The maximum absolute atomic E-state index is 2.57. The van der Waals surface area contributed by atoms with Gasteiger partial charge >= 0.3 is 0 Å². The summed E-state index contributed by atoms with van der Waals surface area (Å²) in [6.07, 6.45) is 9.21. The van der Waals surface area contributed by atoms with Gasteiger partial charge in [-0.1, -0.05) is 70.9 Å². The van der Waals surface area contributed by atoms with Crippen LogP contribution in [0.3, 0.4) is 0 Å². The minimum atomic E-state index is -1.04. The van der Waals surface area contributed by atoms with E-state index in [1.165, 1.54) is 32.1 Å². The van der Waals surface area contributed by atoms with E-state index in [0.717, 1.165) is 5.92 Å². The molecule has 0 N–H and O–H groups in total. The Morgan fingerprint density at radius 1 is 1.20 bits per heavy atom. The quantitative estimate of drug-likeness (QED) is 0.509. The molecule has 0 nitrogen and oxygen atoms in total. The molecule has 0 saturated heterocycles. The van der Waals surface area contributed by atoms with Gasteiger partial charge in [0, 0.05) is 0 Å². The van der Waals surface area contributed by atoms with Gasteiger partial charge in [0.05, 0.1) is 8.07 Å². The van der Waals surface area contributed by atoms with Gasteiger partial charge in [-0.2, -0.15) is 0 Å². The Labute approximate surface area is 98.2 Å². The lowest BCUT2D eigenvalue weighted by atomic mass is 10.0. The Hall–Kier alpha value is -0.0431. The largest absolute Gasteiger partial charge is 0.0889 e. The van der Waals surface area contributed by atoms with Crippen LogP contribution >= 0.6 is 0 Å². The summed E-state index contributed by atoms with van der Waals surface area (Å²) in [4.78, 5) is 0. The summed E-state index contributed by atoms with van der Waals surface area (Å²) in [5, 5.41) is 1.80. The highest BCUT2D eigenvalue weighted by Gasteiger charge is 2.18. The highest BCUT2D eigenvalue weighted by molar-refractivity contribution is 6.83. The van der Waals surface area contributed by atoms with Gasteiger partial charge in [-0.05, 0) is 18.8 Å². The van der Waals surface area contributed by atoms with Crippen molar-refractivity contribution in [3.05, 3.63) is 11.3 Å². The van der Waals surface area contributed by atoms with Crippen molar-refractivity contribution >= 4 is 8.07 Å². The van der Waals surface area contributed by atoms with Crippen LogP contribution in [0.15, 0.2) is 11.3 Å². The van der Waals surface area contributed by atoms with Gasteiger partial charge in [-0.3, -0.25) is 0 Å². The SMILES string of the molecule is CCCC/C(=C\CC(C)CC)[Si](C)(C)C. The standard InChI is InChI=1S/C14H30Si/c1-7-9-10-14(15(4,5)6)12-11-13(3)8-2/h12-13H,7-11H2,1-6H3/b14-12+. The summed E-state index contributed by atoms with van der Waals surface area (Å²) in [6.45, 7) is 14.4. The highest BCUT2D eigenvalue weighted by atomic mass is 28.3. The molecule has 1 heteroatoms. The number of rotatable bonds is 7. The molecule has 90 valence electrons. The third-order valence-corrected chi connectivity index (χ3v) is 5.61. The van der Waals surface area contributed by atoms with Crippen LogP contribution in [0.5, 0.6) is 0 Å². The smallest absolute Gasteiger partial charge is 0.0720 e. The fraction of sp³-hybridized carbons (Fsp3) is 0.857. The maximum atomic E-state index is 2.57. The van der Waals surface area contributed by atoms with Crippen LogP contribution in [-0.2, 0) is 0 Å². The Bertz CT molecular complexity index is 186. The van der Waals surface area contributed by atoms with E-state index in [0.29, 0.717) is 0 Å². The molecule has 0 spiro atoms. The van der Waals surface area contributed by atoms with Crippen LogP contribution < -0.4 is 0 Å². The van der Waals surface area contributed by atoms with E-state index < -0.39 is 8.07 Å². The van der Waals surface area contributed by atoms with Crippen LogP contribution in [-0.4, -0.2) is 8.07 Å². The Morgan fingerprint density at radius 3 is 2.20 bits per heavy atom. The van der Waals surface area contributed by atoms with Crippen molar-refractivity contribution in [3.8, 4) is 0 Å². The van der Waals surface area contributed by atoms with Crippen molar-refractivity contribution in [2.75, 3.05) is 0 Å². The molecule has 0 aromatic carbocycles. The van der Waals surface area contributed by atoms with Crippen molar-refractivity contribution in [3.63, 3.8) is 0 Å². The molecule has 0 fully saturated rings. The normalized spacial score (nSPS) is 15.5. The number of hydrogen-bond acceptors (Lipinski definition) is 0. The molecule has 0 heterocycles. The second-order valence-electron chi connectivity index (χ2n) is 5.83. The third kappa shape index (κ3) is 6.94. The molecule has 0 aliphatic heterocycles. The van der Waals surface area contributed by atoms with Gasteiger partial charge in [0.1, 0.15) is 0 Å². The number of unbranched alkanes of at least 4 members (excludes halogenated alkanes) is 1. The van der Waals surface area contributed by atoms with Gasteiger partial charge < -0.3 is 0 Å². The Kier molecular flexibility index (Phi) is 7.25. The molecule has 0 rings (SSSR count). The zero-order valence-electron chi connectivity index (χ0n) is 11.7. The average Bonchev–Trinajstić information content (AvgIpc) is 2.15. The van der Waals surface area contributed by atoms with E-state index in [9.17, 15) is 0 Å². The van der Waals surface area contributed by atoms with E-state index in [1.54, 1.807) is 5.20 Å². The molecule has 1 unspecified atom stereocenters. The van der Waals surface area contributed by atoms with Crippen LogP contribution in [0.25, 0.3) is 0 Å². The van der Waals surface area contributed by atoms with Gasteiger partial charge in [0.15, 0.2) is 0 Å². The zero-order chi connectivity index (χ0) is 11.9. The van der Waals surface area contributed by atoms with Crippen molar-refractivity contribution in [1.82, 2.24) is 0 Å². The topological polar surface area (TPSA) is 0 Å². The molecule has 0 aliphatic rings. The first-order valence-electron chi connectivity index (χ1n) is 6.61. The lowest BCUT2D eigenvalue weighted by Crippen LogP contribution is -2.24. The Balaban J connectivity index is 4.35. The summed E-state index contributed by atoms with van der Waals surface area (Å²) in [5.74, 6) is 0.859. The van der Waals surface area contributed by atoms with Crippen molar-refractivity contribution in [2.24, 2.45) is 5.92 Å². The van der Waals surface area contributed by atoms with Gasteiger partial charge in [-0.25, -0.2) is 0 Å². The van der Waals surface area contributed by atoms with Crippen LogP contribution in [0.1, 0.15) is 52.9 Å². The summed E-state index contributed by atoms with van der Waals surface area (Å²) < 4.78 is 0. The number of hydrogen-bond donors (Lipinski definition) is 0. The fourth-order valence-corrected chi connectivity index (χ4v) is 3.32. The Morgan fingerprint density at radius 2 is 1.80 bits per heavy atom. The second-order valence-corrected chi connectivity index (χ2v) is 11.0. The van der Waals surface area contributed by atoms with Gasteiger partial charge in [-0.15, -0.1) is 0 Å². The van der Waals surface area contributed by atoms with E-state index in [1.807, 2.05) is 0 Å². The summed E-state index contributed by atoms with van der Waals surface area (Å²) in [7, 11) is -1.04. The monoisotopic (exact) mass is 226 g/mol. The fourth-order valence-electron chi connectivity index (χ4n) is 1.66. The summed E-state index contributed by atoms with van der Waals surface area (Å²) >= 11 is 0.